The van der Waals surface area contributed by atoms with E-state index in [1.165, 1.54) is 18.2 Å². The zero-order chi connectivity index (χ0) is 26.0. The average Bonchev–Trinajstić information content (AvgIpc) is 3.52. The van der Waals surface area contributed by atoms with Crippen molar-refractivity contribution in [3.05, 3.63) is 69.5 Å². The Kier molecular flexibility index (Phi) is 8.06. The topological polar surface area (TPSA) is 75.3 Å². The van der Waals surface area contributed by atoms with Crippen molar-refractivity contribution in [2.75, 3.05) is 5.75 Å². The van der Waals surface area contributed by atoms with Gasteiger partial charge in [-0.25, -0.2) is 12.8 Å². The van der Waals surface area contributed by atoms with Crippen LogP contribution >= 0.6 is 23.2 Å². The molecule has 0 bridgehead atoms. The van der Waals surface area contributed by atoms with Gasteiger partial charge in [-0.3, -0.25) is 10.1 Å². The van der Waals surface area contributed by atoms with Gasteiger partial charge in [-0.15, -0.1) is 6.42 Å². The van der Waals surface area contributed by atoms with Crippen LogP contribution in [0, 0.1) is 18.2 Å². The van der Waals surface area contributed by atoms with E-state index in [9.17, 15) is 30.8 Å². The molecule has 5 nitrogen and oxygen atoms in total. The van der Waals surface area contributed by atoms with Crippen molar-refractivity contribution < 1.29 is 30.8 Å². The summed E-state index contributed by atoms with van der Waals surface area (Å²) in [6.07, 6.45) is 1.22. The minimum atomic E-state index is -4.98. The second kappa shape index (κ2) is 10.3. The predicted molar refractivity (Wildman–Crippen MR) is 125 cm³/mol. The first-order valence-electron chi connectivity index (χ1n) is 10.3. The predicted octanol–water partition coefficient (Wildman–Crippen LogP) is 4.59. The maximum absolute atomic E-state index is 13.9. The Hall–Kier alpha value is -2.32. The highest BCUT2D eigenvalue weighted by Gasteiger charge is 2.47. The molecule has 35 heavy (non-hydrogen) atoms. The Labute approximate surface area is 210 Å². The zero-order valence-electron chi connectivity index (χ0n) is 18.0. The molecule has 12 heteroatoms. The van der Waals surface area contributed by atoms with E-state index in [1.807, 2.05) is 0 Å². The van der Waals surface area contributed by atoms with Gasteiger partial charge in [-0.1, -0.05) is 47.3 Å². The third-order valence-corrected chi connectivity index (χ3v) is 7.71. The summed E-state index contributed by atoms with van der Waals surface area (Å²) in [5.74, 6) is -1.33. The van der Waals surface area contributed by atoms with Crippen LogP contribution in [0.5, 0.6) is 0 Å². The van der Waals surface area contributed by atoms with Crippen molar-refractivity contribution in [2.45, 2.75) is 42.4 Å². The number of amides is 1. The monoisotopic (exact) mass is 550 g/mol. The minimum Gasteiger partial charge on any atom is -0.338 e. The summed E-state index contributed by atoms with van der Waals surface area (Å²) in [7, 11) is -4.23. The molecule has 0 saturated heterocycles. The fourth-order valence-corrected chi connectivity index (χ4v) is 5.74. The number of hydrogen-bond donors (Lipinski definition) is 2. The van der Waals surface area contributed by atoms with Crippen molar-refractivity contribution >= 4 is 38.9 Å². The highest BCUT2D eigenvalue weighted by molar-refractivity contribution is 7.90. The lowest BCUT2D eigenvalue weighted by Gasteiger charge is -2.28. The lowest BCUT2D eigenvalue weighted by molar-refractivity contribution is -0.160. The number of nitrogens with one attached hydrogen (secondary N) is 2. The standard InChI is InChI=1S/C23H20Cl2F4N2O3S/c1-2-22(9-10-22)31-21(32)19(13-35(33,34)12-16-17(24)7-4-8-18(16)25)30-20(23(27,28)29)14-5-3-6-15(26)11-14/h1,3-8,11,19-20,30H,9-10,12-13H2,(H,31,32)/t19-,20-/m0/s1. The lowest BCUT2D eigenvalue weighted by atomic mass is 10.0. The molecule has 0 aliphatic heterocycles. The summed E-state index contributed by atoms with van der Waals surface area (Å²) >= 11 is 12.1. The summed E-state index contributed by atoms with van der Waals surface area (Å²) in [5.41, 5.74) is -1.52. The molecule has 3 rings (SSSR count). The third-order valence-electron chi connectivity index (χ3n) is 5.43. The molecule has 1 saturated carbocycles. The fourth-order valence-electron chi connectivity index (χ4n) is 3.42. The van der Waals surface area contributed by atoms with Crippen LogP contribution in [-0.2, 0) is 20.4 Å². The highest BCUT2D eigenvalue weighted by Crippen LogP contribution is 2.36. The number of halogens is 6. The van der Waals surface area contributed by atoms with Crippen LogP contribution in [0.15, 0.2) is 42.5 Å². The quantitative estimate of drug-likeness (QED) is 0.353. The van der Waals surface area contributed by atoms with E-state index in [0.717, 1.165) is 18.2 Å². The number of sulfone groups is 1. The van der Waals surface area contributed by atoms with Gasteiger partial charge in [0.15, 0.2) is 9.84 Å². The largest absolute Gasteiger partial charge is 0.407 e. The summed E-state index contributed by atoms with van der Waals surface area (Å²) in [5, 5.41) is 4.61. The molecule has 1 amide bonds. The Morgan fingerprint density at radius 1 is 1.14 bits per heavy atom. The molecule has 1 aliphatic rings. The molecule has 2 aromatic rings. The van der Waals surface area contributed by atoms with E-state index in [1.54, 1.807) is 0 Å². The molecular weight excluding hydrogens is 531 g/mol. The van der Waals surface area contributed by atoms with Gasteiger partial charge >= 0.3 is 6.18 Å². The van der Waals surface area contributed by atoms with E-state index in [-0.39, 0.29) is 15.6 Å². The number of carbonyl (C=O) groups excluding carboxylic acids is 1. The van der Waals surface area contributed by atoms with Crippen LogP contribution in [0.3, 0.4) is 0 Å². The van der Waals surface area contributed by atoms with Gasteiger partial charge in [0, 0.05) is 15.6 Å². The van der Waals surface area contributed by atoms with Crippen LogP contribution in [0.4, 0.5) is 17.6 Å². The van der Waals surface area contributed by atoms with Gasteiger partial charge in [0.2, 0.25) is 5.91 Å². The number of alkyl halides is 3. The van der Waals surface area contributed by atoms with Crippen LogP contribution in [0.2, 0.25) is 10.0 Å². The average molecular weight is 551 g/mol. The normalized spacial score (nSPS) is 16.7. The third kappa shape index (κ3) is 7.10. The molecule has 0 unspecified atom stereocenters. The zero-order valence-corrected chi connectivity index (χ0v) is 20.3. The van der Waals surface area contributed by atoms with Gasteiger partial charge in [0.25, 0.3) is 0 Å². The van der Waals surface area contributed by atoms with E-state index in [4.69, 9.17) is 29.6 Å². The Bertz CT molecular complexity index is 1240. The van der Waals surface area contributed by atoms with E-state index >= 15 is 0 Å². The van der Waals surface area contributed by atoms with Crippen molar-refractivity contribution in [3.63, 3.8) is 0 Å². The fraction of sp³-hybridized carbons (Fsp3) is 0.348. The first-order chi connectivity index (χ1) is 16.3. The molecule has 0 heterocycles. The summed E-state index contributed by atoms with van der Waals surface area (Å²) in [4.78, 5) is 13.0. The van der Waals surface area contributed by atoms with Crippen molar-refractivity contribution in [3.8, 4) is 12.3 Å². The number of hydrogen-bond acceptors (Lipinski definition) is 4. The van der Waals surface area contributed by atoms with Crippen molar-refractivity contribution in [2.24, 2.45) is 0 Å². The van der Waals surface area contributed by atoms with Crippen molar-refractivity contribution in [1.82, 2.24) is 10.6 Å². The van der Waals surface area contributed by atoms with Gasteiger partial charge in [-0.05, 0) is 42.7 Å². The van der Waals surface area contributed by atoms with E-state index in [2.05, 4.69) is 16.6 Å². The van der Waals surface area contributed by atoms with Crippen LogP contribution in [-0.4, -0.2) is 37.8 Å². The maximum Gasteiger partial charge on any atom is 0.407 e. The number of terminal acetylenes is 1. The molecule has 2 atom stereocenters. The second-order valence-corrected chi connectivity index (χ2v) is 11.1. The van der Waals surface area contributed by atoms with Crippen LogP contribution in [0.25, 0.3) is 0 Å². The van der Waals surface area contributed by atoms with E-state index in [0.29, 0.717) is 18.9 Å². The molecule has 0 spiro atoms. The first-order valence-corrected chi connectivity index (χ1v) is 12.8. The minimum absolute atomic E-state index is 0.0484. The van der Waals surface area contributed by atoms with Gasteiger partial charge in [0.1, 0.15) is 23.4 Å². The van der Waals surface area contributed by atoms with Gasteiger partial charge in [0.05, 0.1) is 11.5 Å². The second-order valence-electron chi connectivity index (χ2n) is 8.22. The first kappa shape index (κ1) is 27.3. The smallest absolute Gasteiger partial charge is 0.338 e. The highest BCUT2D eigenvalue weighted by atomic mass is 35.5. The summed E-state index contributed by atoms with van der Waals surface area (Å²) in [6, 6.07) is 3.63. The SMILES string of the molecule is C#CC1(NC(=O)[C@H](CS(=O)(=O)Cc2c(Cl)cccc2Cl)N[C@@H](c2cccc(F)c2)C(F)(F)F)CC1. The van der Waals surface area contributed by atoms with E-state index < -0.39 is 62.4 Å². The van der Waals surface area contributed by atoms with Gasteiger partial charge in [-0.2, -0.15) is 13.2 Å². The molecule has 2 aromatic carbocycles. The maximum atomic E-state index is 13.9. The Balaban J connectivity index is 1.94. The lowest BCUT2D eigenvalue weighted by Crippen LogP contribution is -2.54. The molecule has 188 valence electrons. The van der Waals surface area contributed by atoms with Gasteiger partial charge < -0.3 is 5.32 Å². The molecule has 2 N–H and O–H groups in total. The molecular formula is C23H20Cl2F4N2O3S. The van der Waals surface area contributed by atoms with Crippen molar-refractivity contribution in [1.29, 1.82) is 0 Å². The molecule has 0 aromatic heterocycles. The Morgan fingerprint density at radius 3 is 2.26 bits per heavy atom. The molecule has 1 aliphatic carbocycles. The number of carbonyl (C=O) groups is 1. The van der Waals surface area contributed by atoms with Crippen LogP contribution < -0.4 is 10.6 Å². The Morgan fingerprint density at radius 2 is 1.74 bits per heavy atom. The van der Waals surface area contributed by atoms with Crippen LogP contribution in [0.1, 0.15) is 30.0 Å². The molecule has 0 radical (unpaired) electrons. The number of benzene rings is 2. The summed E-state index contributed by atoms with van der Waals surface area (Å²) < 4.78 is 81.4. The number of rotatable bonds is 9. The molecule has 1 fully saturated rings. The summed E-state index contributed by atoms with van der Waals surface area (Å²) in [6.45, 7) is 0.